The molecule has 1 heterocycles. The second-order valence-electron chi connectivity index (χ2n) is 3.74. The van der Waals surface area contributed by atoms with Gasteiger partial charge in [0.25, 0.3) is 0 Å². The highest BCUT2D eigenvalue weighted by molar-refractivity contribution is 5.73. The van der Waals surface area contributed by atoms with Crippen LogP contribution in [-0.2, 0) is 14.3 Å². The molecule has 0 radical (unpaired) electrons. The quantitative estimate of drug-likeness (QED) is 0.560. The molecule has 0 aliphatic carbocycles. The number of carbonyl (C=O) groups excluding carboxylic acids is 1. The van der Waals surface area contributed by atoms with Crippen LogP contribution in [0.25, 0.3) is 0 Å². The summed E-state index contributed by atoms with van der Waals surface area (Å²) >= 11 is 0. The first kappa shape index (κ1) is 10.2. The van der Waals surface area contributed by atoms with Crippen molar-refractivity contribution in [1.29, 1.82) is 0 Å². The molecule has 3 nitrogen and oxygen atoms in total. The molecule has 0 unspecified atom stereocenters. The number of rotatable bonds is 3. The smallest absolute Gasteiger partial charge is 0.311 e. The Morgan fingerprint density at radius 2 is 2.07 bits per heavy atom. The van der Waals surface area contributed by atoms with Crippen LogP contribution < -0.4 is 0 Å². The molecule has 0 bridgehead atoms. The van der Waals surface area contributed by atoms with Gasteiger partial charge in [-0.25, -0.2) is 0 Å². The van der Waals surface area contributed by atoms with Gasteiger partial charge in [-0.15, -0.1) is 0 Å². The number of methoxy groups -OCH3 is 1. The predicted octanol–water partition coefficient (Wildman–Crippen LogP) is 1.94. The second kappa shape index (κ2) is 4.03. The minimum Gasteiger partial charge on any atom is -0.469 e. The summed E-state index contributed by atoms with van der Waals surface area (Å²) in [5, 5.41) is 0. The van der Waals surface area contributed by atoms with E-state index in [0.29, 0.717) is 0 Å². The average molecular weight is 206 g/mol. The molecule has 0 saturated carbocycles. The number of ether oxygens (including phenoxy) is 2. The molecule has 3 heteroatoms. The van der Waals surface area contributed by atoms with Crippen LogP contribution in [0.1, 0.15) is 18.6 Å². The van der Waals surface area contributed by atoms with E-state index in [4.69, 9.17) is 4.74 Å². The highest BCUT2D eigenvalue weighted by Gasteiger charge is 2.46. The first-order valence-corrected chi connectivity index (χ1v) is 5.02. The molecule has 2 rings (SSSR count). The number of epoxide rings is 1. The fourth-order valence-electron chi connectivity index (χ4n) is 1.73. The van der Waals surface area contributed by atoms with Gasteiger partial charge in [-0.05, 0) is 12.5 Å². The molecule has 15 heavy (non-hydrogen) atoms. The molecule has 3 atom stereocenters. The Labute approximate surface area is 89.0 Å². The summed E-state index contributed by atoms with van der Waals surface area (Å²) in [6.07, 6.45) is 0.0279. The van der Waals surface area contributed by atoms with Crippen LogP contribution in [0.5, 0.6) is 0 Å². The van der Waals surface area contributed by atoms with Crippen LogP contribution in [0.3, 0.4) is 0 Å². The Hall–Kier alpha value is -1.35. The third kappa shape index (κ3) is 2.02. The van der Waals surface area contributed by atoms with Gasteiger partial charge in [0.15, 0.2) is 0 Å². The lowest BCUT2D eigenvalue weighted by molar-refractivity contribution is -0.145. The molecule has 1 aliphatic rings. The SMILES string of the molecule is COC(=O)[C@@H](C)[C@@H]1O[C@H]1c1ccccc1. The van der Waals surface area contributed by atoms with Crippen molar-refractivity contribution in [2.75, 3.05) is 7.11 Å². The van der Waals surface area contributed by atoms with Gasteiger partial charge in [0.05, 0.1) is 13.0 Å². The molecule has 1 aromatic carbocycles. The van der Waals surface area contributed by atoms with E-state index in [1.54, 1.807) is 0 Å². The van der Waals surface area contributed by atoms with Crippen LogP contribution in [0.4, 0.5) is 0 Å². The number of hydrogen-bond acceptors (Lipinski definition) is 3. The lowest BCUT2D eigenvalue weighted by Crippen LogP contribution is -2.18. The largest absolute Gasteiger partial charge is 0.469 e. The predicted molar refractivity (Wildman–Crippen MR) is 55.2 cm³/mol. The maximum atomic E-state index is 11.3. The minimum absolute atomic E-state index is 0.0279. The molecule has 1 fully saturated rings. The van der Waals surface area contributed by atoms with Crippen LogP contribution in [-0.4, -0.2) is 19.2 Å². The minimum atomic E-state index is -0.210. The van der Waals surface area contributed by atoms with Gasteiger partial charge >= 0.3 is 5.97 Å². The molecule has 1 saturated heterocycles. The van der Waals surface area contributed by atoms with Crippen LogP contribution >= 0.6 is 0 Å². The van der Waals surface area contributed by atoms with Gasteiger partial charge in [0.1, 0.15) is 12.2 Å². The molecular weight excluding hydrogens is 192 g/mol. The Morgan fingerprint density at radius 3 is 2.67 bits per heavy atom. The van der Waals surface area contributed by atoms with Gasteiger partial charge in [0, 0.05) is 0 Å². The topological polar surface area (TPSA) is 38.8 Å². The Bertz CT molecular complexity index is 347. The van der Waals surface area contributed by atoms with Crippen molar-refractivity contribution in [1.82, 2.24) is 0 Å². The van der Waals surface area contributed by atoms with Crippen LogP contribution in [0.2, 0.25) is 0 Å². The lowest BCUT2D eigenvalue weighted by Gasteiger charge is -2.04. The zero-order valence-electron chi connectivity index (χ0n) is 8.84. The number of hydrogen-bond donors (Lipinski definition) is 0. The van der Waals surface area contributed by atoms with Gasteiger partial charge in [-0.1, -0.05) is 30.3 Å². The molecule has 0 aromatic heterocycles. The first-order chi connectivity index (χ1) is 7.24. The molecule has 1 aliphatic heterocycles. The van der Waals surface area contributed by atoms with Crippen molar-refractivity contribution < 1.29 is 14.3 Å². The van der Waals surface area contributed by atoms with Gasteiger partial charge in [0.2, 0.25) is 0 Å². The van der Waals surface area contributed by atoms with Crippen molar-refractivity contribution >= 4 is 5.97 Å². The fraction of sp³-hybridized carbons (Fsp3) is 0.417. The zero-order chi connectivity index (χ0) is 10.8. The maximum absolute atomic E-state index is 11.3. The molecule has 0 N–H and O–H groups in total. The van der Waals surface area contributed by atoms with E-state index in [1.165, 1.54) is 7.11 Å². The van der Waals surface area contributed by atoms with Crippen molar-refractivity contribution in [3.63, 3.8) is 0 Å². The average Bonchev–Trinajstić information content (AvgIpc) is 3.08. The summed E-state index contributed by atoms with van der Waals surface area (Å²) in [7, 11) is 1.40. The number of benzene rings is 1. The summed E-state index contributed by atoms with van der Waals surface area (Å²) < 4.78 is 10.2. The standard InChI is InChI=1S/C12H14O3/c1-8(12(13)14-2)10-11(15-10)9-6-4-3-5-7-9/h3-8,10-11H,1-2H3/t8-,10-,11-/m0/s1. The van der Waals surface area contributed by atoms with E-state index in [0.717, 1.165) is 5.56 Å². The van der Waals surface area contributed by atoms with E-state index in [2.05, 4.69) is 4.74 Å². The summed E-state index contributed by atoms with van der Waals surface area (Å²) in [4.78, 5) is 11.3. The van der Waals surface area contributed by atoms with Gasteiger partial charge in [-0.2, -0.15) is 0 Å². The summed E-state index contributed by atoms with van der Waals surface area (Å²) in [6, 6.07) is 9.92. The van der Waals surface area contributed by atoms with E-state index in [-0.39, 0.29) is 24.1 Å². The van der Waals surface area contributed by atoms with Crippen molar-refractivity contribution in [3.8, 4) is 0 Å². The molecule has 80 valence electrons. The van der Waals surface area contributed by atoms with Crippen molar-refractivity contribution in [3.05, 3.63) is 35.9 Å². The zero-order valence-corrected chi connectivity index (χ0v) is 8.84. The first-order valence-electron chi connectivity index (χ1n) is 5.02. The van der Waals surface area contributed by atoms with E-state index in [9.17, 15) is 4.79 Å². The lowest BCUT2D eigenvalue weighted by atomic mass is 10.0. The van der Waals surface area contributed by atoms with E-state index in [1.807, 2.05) is 37.3 Å². The molecular formula is C12H14O3. The second-order valence-corrected chi connectivity index (χ2v) is 3.74. The fourth-order valence-corrected chi connectivity index (χ4v) is 1.73. The van der Waals surface area contributed by atoms with Crippen molar-refractivity contribution in [2.45, 2.75) is 19.1 Å². The summed E-state index contributed by atoms with van der Waals surface area (Å²) in [6.45, 7) is 1.83. The van der Waals surface area contributed by atoms with Crippen molar-refractivity contribution in [2.24, 2.45) is 5.92 Å². The summed E-state index contributed by atoms with van der Waals surface area (Å²) in [5.41, 5.74) is 1.12. The van der Waals surface area contributed by atoms with Crippen LogP contribution in [0, 0.1) is 5.92 Å². The third-order valence-corrected chi connectivity index (χ3v) is 2.72. The molecule has 0 spiro atoms. The van der Waals surface area contributed by atoms with E-state index < -0.39 is 0 Å². The number of carbonyl (C=O) groups is 1. The molecule has 0 amide bonds. The Morgan fingerprint density at radius 1 is 1.40 bits per heavy atom. The third-order valence-electron chi connectivity index (χ3n) is 2.72. The highest BCUT2D eigenvalue weighted by atomic mass is 16.6. The van der Waals surface area contributed by atoms with Gasteiger partial charge in [-0.3, -0.25) is 4.79 Å². The van der Waals surface area contributed by atoms with Gasteiger partial charge < -0.3 is 9.47 Å². The highest BCUT2D eigenvalue weighted by Crippen LogP contribution is 2.43. The van der Waals surface area contributed by atoms with E-state index >= 15 is 0 Å². The number of esters is 1. The normalized spacial score (nSPS) is 25.7. The molecule has 1 aromatic rings. The Kier molecular flexibility index (Phi) is 2.73. The van der Waals surface area contributed by atoms with Crippen LogP contribution in [0.15, 0.2) is 30.3 Å². The summed E-state index contributed by atoms with van der Waals surface area (Å²) in [5.74, 6) is -0.404. The maximum Gasteiger partial charge on any atom is 0.311 e. The Balaban J connectivity index is 1.99. The monoisotopic (exact) mass is 206 g/mol.